The highest BCUT2D eigenvalue weighted by Gasteiger charge is 2.38. The molecule has 1 aliphatic carbocycles. The average molecular weight is 362 g/mol. The zero-order chi connectivity index (χ0) is 17.5. The summed E-state index contributed by atoms with van der Waals surface area (Å²) in [6, 6.07) is 4.61. The van der Waals surface area contributed by atoms with E-state index in [9.17, 15) is 22.4 Å². The molecule has 1 aromatic carbocycles. The normalized spacial score (nSPS) is 14.7. The van der Waals surface area contributed by atoms with Gasteiger partial charge in [-0.2, -0.15) is 18.3 Å². The van der Waals surface area contributed by atoms with Crippen molar-refractivity contribution in [2.24, 2.45) is 0 Å². The molecule has 1 fully saturated rings. The Hall–Kier alpha value is -2.09. The maximum Gasteiger partial charge on any atom is 0.435 e. The van der Waals surface area contributed by atoms with Crippen LogP contribution in [0.3, 0.4) is 0 Å². The van der Waals surface area contributed by atoms with Crippen LogP contribution >= 0.6 is 11.6 Å². The molecule has 0 bridgehead atoms. The number of hydrogen-bond donors (Lipinski definition) is 1. The van der Waals surface area contributed by atoms with Gasteiger partial charge < -0.3 is 5.32 Å². The molecular weight excluding hydrogens is 350 g/mol. The van der Waals surface area contributed by atoms with E-state index in [0.717, 1.165) is 29.7 Å². The van der Waals surface area contributed by atoms with Gasteiger partial charge in [-0.05, 0) is 37.1 Å². The summed E-state index contributed by atoms with van der Waals surface area (Å²) in [5.41, 5.74) is -0.362. The van der Waals surface area contributed by atoms with Gasteiger partial charge in [0.1, 0.15) is 12.4 Å². The lowest BCUT2D eigenvalue weighted by molar-refractivity contribution is -0.141. The van der Waals surface area contributed by atoms with E-state index in [0.29, 0.717) is 5.69 Å². The molecular formula is C15H12ClF4N3O. The monoisotopic (exact) mass is 361 g/mol. The van der Waals surface area contributed by atoms with E-state index in [1.54, 1.807) is 0 Å². The number of rotatable bonds is 4. The molecule has 1 aliphatic rings. The summed E-state index contributed by atoms with van der Waals surface area (Å²) in [5, 5.41) is 5.80. The fraction of sp³-hybridized carbons (Fsp3) is 0.333. The van der Waals surface area contributed by atoms with Crippen LogP contribution in [-0.2, 0) is 17.5 Å². The third kappa shape index (κ3) is 3.69. The van der Waals surface area contributed by atoms with Crippen molar-refractivity contribution in [2.45, 2.75) is 31.5 Å². The Kier molecular flexibility index (Phi) is 4.25. The number of nitrogens with one attached hydrogen (secondary N) is 1. The van der Waals surface area contributed by atoms with Crippen LogP contribution in [0.4, 0.5) is 23.2 Å². The highest BCUT2D eigenvalue weighted by atomic mass is 35.5. The van der Waals surface area contributed by atoms with Crippen LogP contribution in [0.25, 0.3) is 0 Å². The van der Waals surface area contributed by atoms with Crippen molar-refractivity contribution < 1.29 is 22.4 Å². The van der Waals surface area contributed by atoms with Crippen LogP contribution in [0.15, 0.2) is 24.3 Å². The lowest BCUT2D eigenvalue weighted by Gasteiger charge is -2.08. The van der Waals surface area contributed by atoms with Crippen LogP contribution in [0, 0.1) is 5.82 Å². The highest BCUT2D eigenvalue weighted by Crippen LogP contribution is 2.42. The van der Waals surface area contributed by atoms with Gasteiger partial charge in [0.15, 0.2) is 5.69 Å². The smallest absolute Gasteiger partial charge is 0.324 e. The van der Waals surface area contributed by atoms with Gasteiger partial charge in [-0.25, -0.2) is 4.39 Å². The zero-order valence-corrected chi connectivity index (χ0v) is 13.0. The van der Waals surface area contributed by atoms with E-state index < -0.39 is 23.6 Å². The summed E-state index contributed by atoms with van der Waals surface area (Å²) < 4.78 is 52.6. The summed E-state index contributed by atoms with van der Waals surface area (Å²) in [6.07, 6.45) is -3.01. The Morgan fingerprint density at radius 2 is 2.04 bits per heavy atom. The predicted molar refractivity (Wildman–Crippen MR) is 79.2 cm³/mol. The number of carbonyl (C=O) groups is 1. The number of nitrogens with zero attached hydrogens (tertiary/aromatic N) is 2. The van der Waals surface area contributed by atoms with Gasteiger partial charge in [-0.15, -0.1) is 0 Å². The quantitative estimate of drug-likeness (QED) is 0.829. The van der Waals surface area contributed by atoms with Gasteiger partial charge >= 0.3 is 6.18 Å². The summed E-state index contributed by atoms with van der Waals surface area (Å²) in [6.45, 7) is -0.364. The Balaban J connectivity index is 1.76. The van der Waals surface area contributed by atoms with Crippen LogP contribution in [0.1, 0.15) is 30.1 Å². The molecule has 0 saturated heterocycles. The number of amides is 1. The lowest BCUT2D eigenvalue weighted by Crippen LogP contribution is -2.21. The van der Waals surface area contributed by atoms with Crippen LogP contribution in [-0.4, -0.2) is 15.7 Å². The second-order valence-corrected chi connectivity index (χ2v) is 5.97. The number of carbonyl (C=O) groups excluding carboxylic acids is 1. The van der Waals surface area contributed by atoms with Gasteiger partial charge in [-0.1, -0.05) is 11.6 Å². The first-order chi connectivity index (χ1) is 11.2. The Morgan fingerprint density at radius 1 is 1.33 bits per heavy atom. The summed E-state index contributed by atoms with van der Waals surface area (Å²) in [7, 11) is 0. The van der Waals surface area contributed by atoms with Gasteiger partial charge in [0, 0.05) is 17.3 Å². The largest absolute Gasteiger partial charge is 0.435 e. The van der Waals surface area contributed by atoms with E-state index in [2.05, 4.69) is 10.4 Å². The molecule has 128 valence electrons. The number of alkyl halides is 3. The minimum Gasteiger partial charge on any atom is -0.324 e. The Morgan fingerprint density at radius 3 is 2.62 bits per heavy atom. The summed E-state index contributed by atoms with van der Waals surface area (Å²) in [5.74, 6) is -1.20. The molecule has 4 nitrogen and oxygen atoms in total. The van der Waals surface area contributed by atoms with E-state index >= 15 is 0 Å². The minimum absolute atomic E-state index is 0.00154. The maximum atomic E-state index is 13.1. The van der Waals surface area contributed by atoms with Crippen molar-refractivity contribution in [3.8, 4) is 0 Å². The third-order valence-corrected chi connectivity index (χ3v) is 3.88. The first kappa shape index (κ1) is 16.8. The van der Waals surface area contributed by atoms with E-state index in [4.69, 9.17) is 11.6 Å². The van der Waals surface area contributed by atoms with Crippen molar-refractivity contribution in [1.82, 2.24) is 9.78 Å². The summed E-state index contributed by atoms with van der Waals surface area (Å²) in [4.78, 5) is 12.0. The van der Waals surface area contributed by atoms with Crippen LogP contribution in [0.5, 0.6) is 0 Å². The van der Waals surface area contributed by atoms with E-state index in [-0.39, 0.29) is 23.2 Å². The molecule has 0 aliphatic heterocycles. The number of halogens is 5. The Labute approximate surface area is 139 Å². The van der Waals surface area contributed by atoms with Crippen molar-refractivity contribution in [3.63, 3.8) is 0 Å². The van der Waals surface area contributed by atoms with Crippen LogP contribution < -0.4 is 5.32 Å². The van der Waals surface area contributed by atoms with Crippen molar-refractivity contribution in [3.05, 3.63) is 46.5 Å². The predicted octanol–water partition coefficient (Wildman–Crippen LogP) is 4.21. The van der Waals surface area contributed by atoms with Gasteiger partial charge in [-0.3, -0.25) is 9.48 Å². The molecule has 0 atom stereocenters. The van der Waals surface area contributed by atoms with E-state index in [1.165, 1.54) is 12.1 Å². The highest BCUT2D eigenvalue weighted by molar-refractivity contribution is 6.31. The fourth-order valence-electron chi connectivity index (χ4n) is 2.31. The molecule has 3 rings (SSSR count). The van der Waals surface area contributed by atoms with Gasteiger partial charge in [0.05, 0.1) is 5.02 Å². The first-order valence-electron chi connectivity index (χ1n) is 7.14. The van der Waals surface area contributed by atoms with Crippen LogP contribution in [0.2, 0.25) is 5.02 Å². The topological polar surface area (TPSA) is 46.9 Å². The molecule has 1 aromatic heterocycles. The summed E-state index contributed by atoms with van der Waals surface area (Å²) >= 11 is 5.62. The number of anilines is 1. The van der Waals surface area contributed by atoms with Crippen molar-refractivity contribution >= 4 is 23.2 Å². The number of benzene rings is 1. The zero-order valence-electron chi connectivity index (χ0n) is 12.2. The Bertz CT molecular complexity index is 784. The molecule has 1 N–H and O–H groups in total. The van der Waals surface area contributed by atoms with Gasteiger partial charge in [0.25, 0.3) is 0 Å². The van der Waals surface area contributed by atoms with Crippen molar-refractivity contribution in [2.75, 3.05) is 5.32 Å². The molecule has 24 heavy (non-hydrogen) atoms. The number of aromatic nitrogens is 2. The third-order valence-electron chi connectivity index (χ3n) is 3.59. The van der Waals surface area contributed by atoms with Crippen molar-refractivity contribution in [1.29, 1.82) is 0 Å². The standard InChI is InChI=1S/C15H12ClF4N3O/c16-10-5-9(3-4-11(10)17)21-14(24)7-23-12(8-1-2-8)6-13(22-23)15(18,19)20/h3-6,8H,1-2,7H2,(H,21,24). The lowest BCUT2D eigenvalue weighted by atomic mass is 10.2. The second kappa shape index (κ2) is 6.08. The fourth-order valence-corrected chi connectivity index (χ4v) is 2.50. The van der Waals surface area contributed by atoms with E-state index in [1.807, 2.05) is 0 Å². The molecule has 1 heterocycles. The molecule has 0 radical (unpaired) electrons. The maximum absolute atomic E-state index is 13.1. The average Bonchev–Trinajstić information content (AvgIpc) is 3.23. The molecule has 1 amide bonds. The molecule has 9 heteroatoms. The second-order valence-electron chi connectivity index (χ2n) is 5.56. The molecule has 2 aromatic rings. The first-order valence-corrected chi connectivity index (χ1v) is 7.51. The minimum atomic E-state index is -4.56. The van der Waals surface area contributed by atoms with Gasteiger partial charge in [0.2, 0.25) is 5.91 Å². The molecule has 0 unspecified atom stereocenters. The molecule has 1 saturated carbocycles. The number of hydrogen-bond acceptors (Lipinski definition) is 2. The SMILES string of the molecule is O=C(Cn1nc(C(F)(F)F)cc1C1CC1)Nc1ccc(F)c(Cl)c1. The molecule has 0 spiro atoms.